The maximum atomic E-state index is 4.51. The quantitative estimate of drug-likeness (QED) is 0.833. The van der Waals surface area contributed by atoms with E-state index in [0.29, 0.717) is 6.04 Å². The molecule has 5 heteroatoms. The Labute approximate surface area is 100 Å². The molecule has 0 saturated carbocycles. The van der Waals surface area contributed by atoms with E-state index in [0.717, 1.165) is 31.2 Å². The fraction of sp³-hybridized carbons (Fsp3) is 0.636. The predicted molar refractivity (Wildman–Crippen MR) is 68.2 cm³/mol. The zero-order valence-corrected chi connectivity index (χ0v) is 10.8. The van der Waals surface area contributed by atoms with Crippen molar-refractivity contribution in [3.05, 3.63) is 15.6 Å². The second kappa shape index (κ2) is 4.82. The Morgan fingerprint density at radius 1 is 1.50 bits per heavy atom. The number of rotatable bonds is 3. The third-order valence-corrected chi connectivity index (χ3v) is 3.74. The molecule has 1 aliphatic heterocycles. The Hall–Kier alpha value is -1.10. The van der Waals surface area contributed by atoms with Crippen LogP contribution in [0.1, 0.15) is 22.5 Å². The molecule has 4 nitrogen and oxygen atoms in total. The van der Waals surface area contributed by atoms with Gasteiger partial charge in [-0.05, 0) is 20.8 Å². The number of hydrogen-bond donors (Lipinski definition) is 2. The van der Waals surface area contributed by atoms with Crippen LogP contribution in [-0.2, 0) is 6.42 Å². The first-order valence-corrected chi connectivity index (χ1v) is 6.44. The van der Waals surface area contributed by atoms with Gasteiger partial charge in [-0.2, -0.15) is 0 Å². The molecule has 1 aromatic rings. The lowest BCUT2D eigenvalue weighted by molar-refractivity contribution is 0.712. The Morgan fingerprint density at radius 3 is 2.88 bits per heavy atom. The molecule has 0 radical (unpaired) electrons. The Morgan fingerprint density at radius 2 is 2.31 bits per heavy atom. The number of hydrogen-bond acceptors (Lipinski definition) is 5. The smallest absolute Gasteiger partial charge is 0.191 e. The lowest BCUT2D eigenvalue weighted by atomic mass is 10.4. The second-order valence-electron chi connectivity index (χ2n) is 4.16. The summed E-state index contributed by atoms with van der Waals surface area (Å²) in [6.45, 7) is 8.08. The van der Waals surface area contributed by atoms with Crippen LogP contribution in [0, 0.1) is 13.8 Å². The average Bonchev–Trinajstić information content (AvgIpc) is 2.75. The maximum absolute atomic E-state index is 4.51. The molecule has 1 atom stereocenters. The van der Waals surface area contributed by atoms with Gasteiger partial charge in [0.25, 0.3) is 0 Å². The van der Waals surface area contributed by atoms with Crippen molar-refractivity contribution in [2.75, 3.05) is 13.1 Å². The van der Waals surface area contributed by atoms with Gasteiger partial charge < -0.3 is 10.6 Å². The average molecular weight is 238 g/mol. The van der Waals surface area contributed by atoms with Crippen molar-refractivity contribution in [3.8, 4) is 0 Å². The summed E-state index contributed by atoms with van der Waals surface area (Å²) in [6, 6.07) is 0.465. The van der Waals surface area contributed by atoms with Gasteiger partial charge in [-0.25, -0.2) is 4.98 Å². The van der Waals surface area contributed by atoms with Gasteiger partial charge >= 0.3 is 0 Å². The van der Waals surface area contributed by atoms with Crippen molar-refractivity contribution in [3.63, 3.8) is 0 Å². The minimum absolute atomic E-state index is 0.465. The molecule has 2 rings (SSSR count). The molecule has 1 unspecified atom stereocenters. The molecular formula is C11H18N4S. The SMILES string of the molecule is Cc1nc(CCNC2=NCC(C)N2)sc1C. The number of nitrogens with zero attached hydrogens (tertiary/aromatic N) is 2. The fourth-order valence-electron chi connectivity index (χ4n) is 1.59. The van der Waals surface area contributed by atoms with E-state index in [4.69, 9.17) is 0 Å². The van der Waals surface area contributed by atoms with Gasteiger partial charge in [0, 0.05) is 23.9 Å². The van der Waals surface area contributed by atoms with Gasteiger partial charge in [-0.1, -0.05) is 0 Å². The Balaban J connectivity index is 1.76. The summed E-state index contributed by atoms with van der Waals surface area (Å²) < 4.78 is 0. The molecule has 0 spiro atoms. The molecule has 2 heterocycles. The number of guanidine groups is 1. The third-order valence-electron chi connectivity index (χ3n) is 2.61. The highest BCUT2D eigenvalue weighted by atomic mass is 32.1. The fourth-order valence-corrected chi connectivity index (χ4v) is 2.53. The highest BCUT2D eigenvalue weighted by Crippen LogP contribution is 2.16. The van der Waals surface area contributed by atoms with Gasteiger partial charge in [-0.3, -0.25) is 4.99 Å². The van der Waals surface area contributed by atoms with Crippen LogP contribution in [0.3, 0.4) is 0 Å². The van der Waals surface area contributed by atoms with Crippen molar-refractivity contribution in [1.29, 1.82) is 0 Å². The summed E-state index contributed by atoms with van der Waals surface area (Å²) in [7, 11) is 0. The third kappa shape index (κ3) is 2.72. The van der Waals surface area contributed by atoms with E-state index in [9.17, 15) is 0 Å². The van der Waals surface area contributed by atoms with Crippen LogP contribution >= 0.6 is 11.3 Å². The van der Waals surface area contributed by atoms with Gasteiger partial charge in [0.2, 0.25) is 0 Å². The first-order valence-electron chi connectivity index (χ1n) is 5.63. The zero-order valence-electron chi connectivity index (χ0n) is 10.0. The van der Waals surface area contributed by atoms with Crippen molar-refractivity contribution < 1.29 is 0 Å². The number of thiazole rings is 1. The lowest BCUT2D eigenvalue weighted by Gasteiger charge is -2.07. The Kier molecular flexibility index (Phi) is 3.43. The molecule has 0 bridgehead atoms. The second-order valence-corrected chi connectivity index (χ2v) is 5.45. The number of nitrogens with one attached hydrogen (secondary N) is 2. The molecule has 0 fully saturated rings. The molecule has 2 N–H and O–H groups in total. The highest BCUT2D eigenvalue weighted by Gasteiger charge is 2.11. The molecule has 0 saturated heterocycles. The summed E-state index contributed by atoms with van der Waals surface area (Å²) in [6.07, 6.45) is 0.967. The molecule has 88 valence electrons. The first kappa shape index (κ1) is 11.4. The lowest BCUT2D eigenvalue weighted by Crippen LogP contribution is -2.38. The van der Waals surface area contributed by atoms with Crippen LogP contribution in [-0.4, -0.2) is 30.1 Å². The van der Waals surface area contributed by atoms with E-state index < -0.39 is 0 Å². The van der Waals surface area contributed by atoms with Crippen LogP contribution < -0.4 is 10.6 Å². The largest absolute Gasteiger partial charge is 0.356 e. The van der Waals surface area contributed by atoms with E-state index in [1.807, 2.05) is 0 Å². The minimum Gasteiger partial charge on any atom is -0.356 e. The van der Waals surface area contributed by atoms with Crippen molar-refractivity contribution in [2.24, 2.45) is 4.99 Å². The van der Waals surface area contributed by atoms with Crippen LogP contribution in [0.2, 0.25) is 0 Å². The highest BCUT2D eigenvalue weighted by molar-refractivity contribution is 7.11. The van der Waals surface area contributed by atoms with Crippen molar-refractivity contribution in [2.45, 2.75) is 33.2 Å². The summed E-state index contributed by atoms with van der Waals surface area (Å²) in [5.74, 6) is 0.928. The molecule has 1 aromatic heterocycles. The van der Waals surface area contributed by atoms with Gasteiger partial charge in [0.1, 0.15) is 0 Å². The van der Waals surface area contributed by atoms with Crippen LogP contribution in [0.25, 0.3) is 0 Å². The topological polar surface area (TPSA) is 49.3 Å². The standard InChI is InChI=1S/C11H18N4S/c1-7-6-13-11(14-7)12-5-4-10-15-8(2)9(3)16-10/h7H,4-6H2,1-3H3,(H2,12,13,14). The van der Waals surface area contributed by atoms with Gasteiger partial charge in [0.05, 0.1) is 17.2 Å². The predicted octanol–water partition coefficient (Wildman–Crippen LogP) is 1.24. The summed E-state index contributed by atoms with van der Waals surface area (Å²) in [4.78, 5) is 10.2. The van der Waals surface area contributed by atoms with E-state index in [1.165, 1.54) is 9.88 Å². The first-order chi connectivity index (χ1) is 7.65. The molecule has 0 aromatic carbocycles. The van der Waals surface area contributed by atoms with E-state index in [-0.39, 0.29) is 0 Å². The monoisotopic (exact) mass is 238 g/mol. The van der Waals surface area contributed by atoms with Gasteiger partial charge in [-0.15, -0.1) is 11.3 Å². The number of aliphatic imine (C=N–C) groups is 1. The van der Waals surface area contributed by atoms with Crippen LogP contribution in [0.5, 0.6) is 0 Å². The van der Waals surface area contributed by atoms with E-state index in [2.05, 4.69) is 41.4 Å². The molecule has 0 aliphatic carbocycles. The van der Waals surface area contributed by atoms with E-state index >= 15 is 0 Å². The zero-order chi connectivity index (χ0) is 11.5. The van der Waals surface area contributed by atoms with E-state index in [1.54, 1.807) is 11.3 Å². The summed E-state index contributed by atoms with van der Waals surface area (Å²) >= 11 is 1.79. The number of aromatic nitrogens is 1. The minimum atomic E-state index is 0.465. The van der Waals surface area contributed by atoms with Crippen LogP contribution in [0.4, 0.5) is 0 Å². The molecule has 0 amide bonds. The van der Waals surface area contributed by atoms with Crippen molar-refractivity contribution in [1.82, 2.24) is 15.6 Å². The van der Waals surface area contributed by atoms with Gasteiger partial charge in [0.15, 0.2) is 5.96 Å². The molecule has 1 aliphatic rings. The molecular weight excluding hydrogens is 220 g/mol. The van der Waals surface area contributed by atoms with Crippen LogP contribution in [0.15, 0.2) is 4.99 Å². The summed E-state index contributed by atoms with van der Waals surface area (Å²) in [5.41, 5.74) is 1.16. The Bertz CT molecular complexity index is 377. The van der Waals surface area contributed by atoms with Crippen molar-refractivity contribution >= 4 is 17.3 Å². The summed E-state index contributed by atoms with van der Waals surface area (Å²) in [5, 5.41) is 7.78. The normalized spacial score (nSPS) is 19.4. The maximum Gasteiger partial charge on any atom is 0.191 e. The number of aryl methyl sites for hydroxylation is 2. The molecule has 16 heavy (non-hydrogen) atoms.